The average Bonchev–Trinajstić information content (AvgIpc) is 3.34. The number of nitrogens with zero attached hydrogens (tertiary/aromatic N) is 6. The van der Waals surface area contributed by atoms with Crippen molar-refractivity contribution >= 4 is 28.9 Å². The van der Waals surface area contributed by atoms with Crippen LogP contribution in [-0.2, 0) is 6.54 Å². The zero-order chi connectivity index (χ0) is 17.1. The number of piperidine rings is 1. The zero-order valence-electron chi connectivity index (χ0n) is 14.1. The molecule has 8 heteroatoms. The SMILES string of the molecule is CSc1nccc(N2CCC(c3nccn3Cc3cscn3)CC2)n1. The highest BCUT2D eigenvalue weighted by molar-refractivity contribution is 7.98. The van der Waals surface area contributed by atoms with E-state index in [2.05, 4.69) is 41.0 Å². The van der Waals surface area contributed by atoms with Gasteiger partial charge in [0.25, 0.3) is 0 Å². The van der Waals surface area contributed by atoms with Crippen molar-refractivity contribution in [3.8, 4) is 0 Å². The van der Waals surface area contributed by atoms with Crippen LogP contribution in [-0.4, -0.2) is 43.8 Å². The molecule has 0 aliphatic carbocycles. The fourth-order valence-corrected chi connectivity index (χ4v) is 4.18. The van der Waals surface area contributed by atoms with Gasteiger partial charge in [0.2, 0.25) is 0 Å². The summed E-state index contributed by atoms with van der Waals surface area (Å²) in [5.41, 5.74) is 2.99. The lowest BCUT2D eigenvalue weighted by atomic mass is 9.96. The number of hydrogen-bond donors (Lipinski definition) is 0. The summed E-state index contributed by atoms with van der Waals surface area (Å²) >= 11 is 3.22. The third-order valence-electron chi connectivity index (χ3n) is 4.55. The van der Waals surface area contributed by atoms with Crippen LogP contribution in [0.5, 0.6) is 0 Å². The summed E-state index contributed by atoms with van der Waals surface area (Å²) in [4.78, 5) is 20.3. The molecular weight excluding hydrogens is 352 g/mol. The predicted molar refractivity (Wildman–Crippen MR) is 101 cm³/mol. The molecule has 0 spiro atoms. The van der Waals surface area contributed by atoms with Crippen LogP contribution in [0, 0.1) is 0 Å². The van der Waals surface area contributed by atoms with Crippen LogP contribution in [0.1, 0.15) is 30.3 Å². The first-order valence-corrected chi connectivity index (χ1v) is 10.5. The summed E-state index contributed by atoms with van der Waals surface area (Å²) in [6.45, 7) is 2.81. The number of hydrogen-bond acceptors (Lipinski definition) is 7. The van der Waals surface area contributed by atoms with E-state index in [1.165, 1.54) is 5.82 Å². The maximum absolute atomic E-state index is 4.64. The van der Waals surface area contributed by atoms with Gasteiger partial charge in [-0.15, -0.1) is 11.3 Å². The lowest BCUT2D eigenvalue weighted by molar-refractivity contribution is 0.467. The molecule has 3 aromatic heterocycles. The third kappa shape index (κ3) is 3.69. The Hall–Kier alpha value is -1.93. The van der Waals surface area contributed by atoms with Crippen molar-refractivity contribution in [2.45, 2.75) is 30.5 Å². The summed E-state index contributed by atoms with van der Waals surface area (Å²) in [6.07, 6.45) is 10.0. The van der Waals surface area contributed by atoms with Crippen molar-refractivity contribution in [1.29, 1.82) is 0 Å². The lowest BCUT2D eigenvalue weighted by Gasteiger charge is -2.32. The second kappa shape index (κ2) is 7.53. The van der Waals surface area contributed by atoms with Crippen LogP contribution in [0.15, 0.2) is 40.7 Å². The van der Waals surface area contributed by atoms with E-state index in [4.69, 9.17) is 0 Å². The van der Waals surface area contributed by atoms with Crippen LogP contribution in [0.3, 0.4) is 0 Å². The fraction of sp³-hybridized carbons (Fsp3) is 0.412. The molecule has 4 rings (SSSR count). The molecule has 0 N–H and O–H groups in total. The van der Waals surface area contributed by atoms with Crippen LogP contribution in [0.25, 0.3) is 0 Å². The molecule has 0 radical (unpaired) electrons. The second-order valence-corrected chi connectivity index (χ2v) is 7.55. The predicted octanol–water partition coefficient (Wildman–Crippen LogP) is 3.28. The maximum Gasteiger partial charge on any atom is 0.189 e. The Morgan fingerprint density at radius 1 is 1.20 bits per heavy atom. The van der Waals surface area contributed by atoms with Gasteiger partial charge in [0.1, 0.15) is 11.6 Å². The Bertz CT molecular complexity index is 808. The van der Waals surface area contributed by atoms with Crippen LogP contribution in [0.2, 0.25) is 0 Å². The summed E-state index contributed by atoms with van der Waals surface area (Å²) in [7, 11) is 0. The van der Waals surface area contributed by atoms with Gasteiger partial charge in [-0.3, -0.25) is 0 Å². The molecule has 0 aromatic carbocycles. The first kappa shape index (κ1) is 16.5. The van der Waals surface area contributed by atoms with Crippen molar-refractivity contribution in [2.75, 3.05) is 24.2 Å². The van der Waals surface area contributed by atoms with Gasteiger partial charge in [0.05, 0.1) is 17.7 Å². The molecule has 0 amide bonds. The molecule has 1 saturated heterocycles. The van der Waals surface area contributed by atoms with Crippen molar-refractivity contribution in [3.63, 3.8) is 0 Å². The minimum Gasteiger partial charge on any atom is -0.356 e. The minimum atomic E-state index is 0.492. The molecule has 25 heavy (non-hydrogen) atoms. The Morgan fingerprint density at radius 2 is 2.08 bits per heavy atom. The van der Waals surface area contributed by atoms with E-state index in [0.29, 0.717) is 5.92 Å². The van der Waals surface area contributed by atoms with E-state index < -0.39 is 0 Å². The molecule has 6 nitrogen and oxygen atoms in total. The zero-order valence-corrected chi connectivity index (χ0v) is 15.7. The highest BCUT2D eigenvalue weighted by Gasteiger charge is 2.25. The van der Waals surface area contributed by atoms with Crippen molar-refractivity contribution < 1.29 is 0 Å². The van der Waals surface area contributed by atoms with Crippen LogP contribution >= 0.6 is 23.1 Å². The summed E-state index contributed by atoms with van der Waals surface area (Å²) in [6, 6.07) is 2.00. The van der Waals surface area contributed by atoms with E-state index in [1.54, 1.807) is 23.1 Å². The first-order chi connectivity index (χ1) is 12.3. The third-order valence-corrected chi connectivity index (χ3v) is 5.75. The van der Waals surface area contributed by atoms with Gasteiger partial charge >= 0.3 is 0 Å². The topological polar surface area (TPSA) is 59.7 Å². The van der Waals surface area contributed by atoms with Crippen molar-refractivity contribution in [1.82, 2.24) is 24.5 Å². The first-order valence-electron chi connectivity index (χ1n) is 8.33. The average molecular weight is 373 g/mol. The molecule has 0 atom stereocenters. The van der Waals surface area contributed by atoms with Crippen LogP contribution < -0.4 is 4.90 Å². The number of rotatable bonds is 5. The summed E-state index contributed by atoms with van der Waals surface area (Å²) in [5.74, 6) is 2.70. The van der Waals surface area contributed by atoms with E-state index in [9.17, 15) is 0 Å². The molecule has 1 aliphatic heterocycles. The number of aromatic nitrogens is 5. The highest BCUT2D eigenvalue weighted by atomic mass is 32.2. The van der Waals surface area contributed by atoms with Gasteiger partial charge in [-0.25, -0.2) is 19.9 Å². The lowest BCUT2D eigenvalue weighted by Crippen LogP contribution is -2.34. The summed E-state index contributed by atoms with van der Waals surface area (Å²) < 4.78 is 2.24. The van der Waals surface area contributed by atoms with E-state index in [1.807, 2.05) is 30.2 Å². The highest BCUT2D eigenvalue weighted by Crippen LogP contribution is 2.29. The molecular formula is C17H20N6S2. The quantitative estimate of drug-likeness (QED) is 0.506. The molecule has 3 aromatic rings. The van der Waals surface area contributed by atoms with Gasteiger partial charge in [0.15, 0.2) is 5.16 Å². The largest absolute Gasteiger partial charge is 0.356 e. The Kier molecular flexibility index (Phi) is 4.98. The smallest absolute Gasteiger partial charge is 0.189 e. The van der Waals surface area contributed by atoms with Gasteiger partial charge < -0.3 is 9.47 Å². The molecule has 0 unspecified atom stereocenters. The van der Waals surface area contributed by atoms with Crippen molar-refractivity contribution in [2.24, 2.45) is 0 Å². The number of thioether (sulfide) groups is 1. The van der Waals surface area contributed by atoms with Crippen molar-refractivity contribution in [3.05, 3.63) is 47.1 Å². The molecule has 4 heterocycles. The van der Waals surface area contributed by atoms with E-state index in [-0.39, 0.29) is 0 Å². The molecule has 0 saturated carbocycles. The fourth-order valence-electron chi connectivity index (χ4n) is 3.28. The molecule has 0 bridgehead atoms. The normalized spacial score (nSPS) is 15.6. The second-order valence-electron chi connectivity index (χ2n) is 6.06. The molecule has 1 aliphatic rings. The van der Waals surface area contributed by atoms with Gasteiger partial charge in [0, 0.05) is 43.0 Å². The molecule has 130 valence electrons. The monoisotopic (exact) mass is 372 g/mol. The Balaban J connectivity index is 1.43. The van der Waals surface area contributed by atoms with Crippen LogP contribution in [0.4, 0.5) is 5.82 Å². The maximum atomic E-state index is 4.64. The van der Waals surface area contributed by atoms with Gasteiger partial charge in [-0.1, -0.05) is 11.8 Å². The summed E-state index contributed by atoms with van der Waals surface area (Å²) in [5, 5.41) is 2.93. The van der Waals surface area contributed by atoms with Gasteiger partial charge in [-0.05, 0) is 25.2 Å². The van der Waals surface area contributed by atoms with E-state index >= 15 is 0 Å². The van der Waals surface area contributed by atoms with E-state index in [0.717, 1.165) is 49.1 Å². The molecule has 1 fully saturated rings. The Labute approximate surface area is 155 Å². The standard InChI is InChI=1S/C17H20N6S2/c1-24-17-19-5-2-15(21-17)22-7-3-13(4-8-22)16-18-6-9-23(16)10-14-11-25-12-20-14/h2,5-6,9,11-13H,3-4,7-8,10H2,1H3. The Morgan fingerprint density at radius 3 is 2.84 bits per heavy atom. The number of anilines is 1. The number of imidazole rings is 1. The van der Waals surface area contributed by atoms with Gasteiger partial charge in [-0.2, -0.15) is 0 Å². The number of thiazole rings is 1. The minimum absolute atomic E-state index is 0.492.